The molecule has 0 aromatic rings. The molecule has 5 atom stereocenters. The second-order valence-corrected chi connectivity index (χ2v) is 7.55. The molecule has 0 radical (unpaired) electrons. The molecule has 3 rings (SSSR count). The van der Waals surface area contributed by atoms with Crippen molar-refractivity contribution >= 4 is 5.97 Å². The Hall–Kier alpha value is -0.530. The molecule has 0 aromatic carbocycles. The van der Waals surface area contributed by atoms with E-state index in [0.29, 0.717) is 5.41 Å². The smallest absolute Gasteiger partial charge is 0.309 e. The normalized spacial score (nSPS) is 45.8. The van der Waals surface area contributed by atoms with E-state index in [-0.39, 0.29) is 17.5 Å². The summed E-state index contributed by atoms with van der Waals surface area (Å²) in [6.45, 7) is 6.30. The van der Waals surface area contributed by atoms with Gasteiger partial charge in [0.2, 0.25) is 0 Å². The van der Waals surface area contributed by atoms with Crippen LogP contribution < -0.4 is 0 Å². The van der Waals surface area contributed by atoms with Gasteiger partial charge in [0, 0.05) is 5.41 Å². The van der Waals surface area contributed by atoms with Crippen LogP contribution in [0, 0.1) is 23.2 Å². The lowest BCUT2D eigenvalue weighted by Gasteiger charge is -2.46. The van der Waals surface area contributed by atoms with Crippen LogP contribution in [0.25, 0.3) is 0 Å². The highest BCUT2D eigenvalue weighted by molar-refractivity contribution is 5.72. The maximum atomic E-state index is 12.3. The monoisotopic (exact) mass is 264 g/mol. The van der Waals surface area contributed by atoms with E-state index >= 15 is 0 Å². The van der Waals surface area contributed by atoms with Gasteiger partial charge < -0.3 is 4.74 Å². The number of ether oxygens (including phenoxy) is 1. The molecule has 3 aliphatic rings. The van der Waals surface area contributed by atoms with Crippen molar-refractivity contribution in [3.8, 4) is 0 Å². The van der Waals surface area contributed by atoms with E-state index in [1.54, 1.807) is 0 Å². The zero-order valence-electron chi connectivity index (χ0n) is 12.7. The van der Waals surface area contributed by atoms with Crippen LogP contribution in [0.4, 0.5) is 0 Å². The number of hydrogen-bond donors (Lipinski definition) is 0. The summed E-state index contributed by atoms with van der Waals surface area (Å²) in [4.78, 5) is 12.3. The minimum absolute atomic E-state index is 0.0362. The minimum atomic E-state index is -0.173. The molecule has 0 saturated heterocycles. The first-order valence-corrected chi connectivity index (χ1v) is 8.23. The number of carbonyl (C=O) groups is 1. The number of hydrogen-bond acceptors (Lipinski definition) is 2. The van der Waals surface area contributed by atoms with E-state index < -0.39 is 0 Å². The van der Waals surface area contributed by atoms with E-state index in [4.69, 9.17) is 4.74 Å². The van der Waals surface area contributed by atoms with Gasteiger partial charge in [-0.2, -0.15) is 0 Å². The van der Waals surface area contributed by atoms with Crippen LogP contribution in [0.15, 0.2) is 0 Å². The molecular weight excluding hydrogens is 236 g/mol. The van der Waals surface area contributed by atoms with E-state index in [1.807, 2.05) is 6.92 Å². The van der Waals surface area contributed by atoms with Gasteiger partial charge in [-0.05, 0) is 63.7 Å². The summed E-state index contributed by atoms with van der Waals surface area (Å²) >= 11 is 0. The molecule has 0 aromatic heterocycles. The van der Waals surface area contributed by atoms with Crippen molar-refractivity contribution < 1.29 is 9.53 Å². The Kier molecular flexibility index (Phi) is 3.18. The third-order valence-corrected chi connectivity index (χ3v) is 6.65. The van der Waals surface area contributed by atoms with Crippen LogP contribution in [0.3, 0.4) is 0 Å². The molecule has 0 heterocycles. The predicted molar refractivity (Wildman–Crippen MR) is 75.7 cm³/mol. The molecule has 0 aliphatic heterocycles. The Balaban J connectivity index is 1.80. The zero-order chi connectivity index (χ0) is 13.7. The van der Waals surface area contributed by atoms with E-state index in [1.165, 1.54) is 38.5 Å². The molecule has 2 heteroatoms. The summed E-state index contributed by atoms with van der Waals surface area (Å²) in [6, 6.07) is 0. The van der Waals surface area contributed by atoms with E-state index in [2.05, 4.69) is 13.8 Å². The minimum Gasteiger partial charge on any atom is -0.459 e. The molecule has 19 heavy (non-hydrogen) atoms. The number of esters is 1. The molecular formula is C17H28O2. The molecule has 108 valence electrons. The Bertz CT molecular complexity index is 377. The van der Waals surface area contributed by atoms with Crippen molar-refractivity contribution in [2.75, 3.05) is 0 Å². The summed E-state index contributed by atoms with van der Waals surface area (Å²) in [5.41, 5.74) is 0.159. The summed E-state index contributed by atoms with van der Waals surface area (Å²) in [7, 11) is 0. The van der Waals surface area contributed by atoms with Gasteiger partial charge in [0.1, 0.15) is 5.60 Å². The van der Waals surface area contributed by atoms with Crippen LogP contribution in [-0.4, -0.2) is 11.6 Å². The second kappa shape index (κ2) is 4.49. The molecule has 2 nitrogen and oxygen atoms in total. The summed E-state index contributed by atoms with van der Waals surface area (Å²) in [5.74, 6) is 1.83. The quantitative estimate of drug-likeness (QED) is 0.709. The fourth-order valence-electron chi connectivity index (χ4n) is 5.29. The lowest BCUT2D eigenvalue weighted by molar-refractivity contribution is -0.179. The van der Waals surface area contributed by atoms with Gasteiger partial charge >= 0.3 is 5.97 Å². The van der Waals surface area contributed by atoms with Crippen molar-refractivity contribution in [3.63, 3.8) is 0 Å². The fourth-order valence-corrected chi connectivity index (χ4v) is 5.29. The largest absolute Gasteiger partial charge is 0.459 e. The van der Waals surface area contributed by atoms with Gasteiger partial charge in [-0.3, -0.25) is 4.79 Å². The first kappa shape index (κ1) is 13.5. The molecule has 3 saturated carbocycles. The van der Waals surface area contributed by atoms with Crippen molar-refractivity contribution in [1.82, 2.24) is 0 Å². The van der Waals surface area contributed by atoms with Gasteiger partial charge in [-0.25, -0.2) is 0 Å². The van der Waals surface area contributed by atoms with Crippen LogP contribution in [0.1, 0.15) is 72.1 Å². The molecule has 0 N–H and O–H groups in total. The van der Waals surface area contributed by atoms with Gasteiger partial charge in [0.25, 0.3) is 0 Å². The average Bonchev–Trinajstić information content (AvgIpc) is 3.05. The average molecular weight is 264 g/mol. The number of fused-ring (bicyclic) bond motifs is 3. The van der Waals surface area contributed by atoms with E-state index in [9.17, 15) is 4.79 Å². The summed E-state index contributed by atoms with van der Waals surface area (Å²) in [5, 5.41) is 0. The first-order chi connectivity index (χ1) is 9.01. The SMILES string of the molecule is CCC(C)C(=O)OC1(C)CCCC12CC1CCC2C1. The van der Waals surface area contributed by atoms with Gasteiger partial charge in [0.05, 0.1) is 5.92 Å². The van der Waals surface area contributed by atoms with Crippen LogP contribution in [0.2, 0.25) is 0 Å². The zero-order valence-corrected chi connectivity index (χ0v) is 12.7. The van der Waals surface area contributed by atoms with Gasteiger partial charge in [-0.15, -0.1) is 0 Å². The van der Waals surface area contributed by atoms with Crippen LogP contribution in [0.5, 0.6) is 0 Å². The van der Waals surface area contributed by atoms with Crippen molar-refractivity contribution in [3.05, 3.63) is 0 Å². The highest BCUT2D eigenvalue weighted by atomic mass is 16.6. The topological polar surface area (TPSA) is 26.3 Å². The molecule has 1 spiro atoms. The lowest BCUT2D eigenvalue weighted by atomic mass is 9.64. The van der Waals surface area contributed by atoms with Crippen molar-refractivity contribution in [2.45, 2.75) is 77.7 Å². The summed E-state index contributed by atoms with van der Waals surface area (Å²) < 4.78 is 6.10. The lowest BCUT2D eigenvalue weighted by Crippen LogP contribution is -2.48. The molecule has 3 fully saturated rings. The second-order valence-electron chi connectivity index (χ2n) is 7.55. The highest BCUT2D eigenvalue weighted by Gasteiger charge is 2.63. The Morgan fingerprint density at radius 3 is 2.74 bits per heavy atom. The maximum absolute atomic E-state index is 12.3. The van der Waals surface area contributed by atoms with Crippen LogP contribution in [-0.2, 0) is 9.53 Å². The molecule has 3 aliphatic carbocycles. The number of carbonyl (C=O) groups excluding carboxylic acids is 1. The molecule has 2 bridgehead atoms. The first-order valence-electron chi connectivity index (χ1n) is 8.23. The molecule has 0 amide bonds. The van der Waals surface area contributed by atoms with Crippen LogP contribution >= 0.6 is 0 Å². The Morgan fingerprint density at radius 2 is 2.16 bits per heavy atom. The van der Waals surface area contributed by atoms with Crippen molar-refractivity contribution in [1.29, 1.82) is 0 Å². The third kappa shape index (κ3) is 1.86. The third-order valence-electron chi connectivity index (χ3n) is 6.65. The van der Waals surface area contributed by atoms with Gasteiger partial charge in [0.15, 0.2) is 0 Å². The van der Waals surface area contributed by atoms with E-state index in [0.717, 1.165) is 24.7 Å². The Morgan fingerprint density at radius 1 is 1.37 bits per heavy atom. The molecule has 5 unspecified atom stereocenters. The fraction of sp³-hybridized carbons (Fsp3) is 0.941. The maximum Gasteiger partial charge on any atom is 0.309 e. The predicted octanol–water partition coefficient (Wildman–Crippen LogP) is 4.32. The summed E-state index contributed by atoms with van der Waals surface area (Å²) in [6.07, 6.45) is 10.0. The van der Waals surface area contributed by atoms with Gasteiger partial charge in [-0.1, -0.05) is 20.3 Å². The standard InChI is InChI=1S/C17H28O2/c1-4-12(2)15(18)19-16(3)8-5-9-17(16)11-13-6-7-14(17)10-13/h12-14H,4-11H2,1-3H3. The highest BCUT2D eigenvalue weighted by Crippen LogP contribution is 2.67. The number of rotatable bonds is 3. The Labute approximate surface area is 117 Å². The van der Waals surface area contributed by atoms with Crippen molar-refractivity contribution in [2.24, 2.45) is 23.2 Å².